The van der Waals surface area contributed by atoms with Crippen LogP contribution in [0.5, 0.6) is 0 Å². The van der Waals surface area contributed by atoms with E-state index in [1.54, 1.807) is 0 Å². The summed E-state index contributed by atoms with van der Waals surface area (Å²) in [5, 5.41) is 0. The van der Waals surface area contributed by atoms with Crippen molar-refractivity contribution < 1.29 is 0 Å². The molecular formula is C14H19I. The maximum atomic E-state index is 2.28. The van der Waals surface area contributed by atoms with Crippen LogP contribution < -0.4 is 0 Å². The van der Waals surface area contributed by atoms with E-state index in [0.29, 0.717) is 0 Å². The Morgan fingerprint density at radius 1 is 0.933 bits per heavy atom. The van der Waals surface area contributed by atoms with Gasteiger partial charge in [-0.1, -0.05) is 71.8 Å². The van der Waals surface area contributed by atoms with Crippen molar-refractivity contribution in [3.63, 3.8) is 0 Å². The van der Waals surface area contributed by atoms with E-state index in [9.17, 15) is 0 Å². The normalized spacial score (nSPS) is 11.0. The van der Waals surface area contributed by atoms with Crippen molar-refractivity contribution >= 4 is 22.6 Å². The smallest absolute Gasteiger partial charge is 0.0274 e. The molecule has 1 aromatic carbocycles. The molecule has 0 aromatic heterocycles. The van der Waals surface area contributed by atoms with Gasteiger partial charge in [0.1, 0.15) is 0 Å². The molecule has 0 saturated carbocycles. The molecule has 82 valence electrons. The fraction of sp³-hybridized carbons (Fsp3) is 0.429. The standard InChI is InChI=1S/C14H19I/c15-13-9-4-2-1-3-6-10-14-11-7-5-8-12-14/h5,7-9,11-13H,1-4,6,10H2. The topological polar surface area (TPSA) is 0 Å². The van der Waals surface area contributed by atoms with Crippen LogP contribution in [-0.4, -0.2) is 0 Å². The molecule has 0 spiro atoms. The molecule has 1 heteroatoms. The van der Waals surface area contributed by atoms with Gasteiger partial charge in [0, 0.05) is 0 Å². The van der Waals surface area contributed by atoms with Gasteiger partial charge < -0.3 is 0 Å². The van der Waals surface area contributed by atoms with Gasteiger partial charge in [0.15, 0.2) is 0 Å². The van der Waals surface area contributed by atoms with Crippen LogP contribution in [-0.2, 0) is 6.42 Å². The lowest BCUT2D eigenvalue weighted by Crippen LogP contribution is -1.85. The third-order valence-electron chi connectivity index (χ3n) is 2.52. The molecule has 0 N–H and O–H groups in total. The summed E-state index contributed by atoms with van der Waals surface area (Å²) in [5.74, 6) is 0. The first kappa shape index (κ1) is 12.8. The Morgan fingerprint density at radius 3 is 2.40 bits per heavy atom. The van der Waals surface area contributed by atoms with Gasteiger partial charge in [0.05, 0.1) is 0 Å². The molecule has 0 aliphatic carbocycles. The maximum Gasteiger partial charge on any atom is -0.0274 e. The molecule has 0 fully saturated rings. The Hall–Kier alpha value is -0.310. The van der Waals surface area contributed by atoms with Crippen LogP contribution in [0.4, 0.5) is 0 Å². The molecule has 0 saturated heterocycles. The van der Waals surface area contributed by atoms with Gasteiger partial charge in [0.25, 0.3) is 0 Å². The van der Waals surface area contributed by atoms with Crippen LogP contribution in [0.2, 0.25) is 0 Å². The molecule has 0 aliphatic rings. The zero-order valence-electron chi connectivity index (χ0n) is 9.16. The first-order valence-corrected chi connectivity index (χ1v) is 6.97. The Bertz CT molecular complexity index is 264. The van der Waals surface area contributed by atoms with E-state index in [-0.39, 0.29) is 0 Å². The lowest BCUT2D eigenvalue weighted by molar-refractivity contribution is 0.646. The van der Waals surface area contributed by atoms with Crippen LogP contribution in [0.25, 0.3) is 0 Å². The van der Waals surface area contributed by atoms with Crippen molar-refractivity contribution in [3.8, 4) is 0 Å². The van der Waals surface area contributed by atoms with Crippen molar-refractivity contribution in [1.82, 2.24) is 0 Å². The van der Waals surface area contributed by atoms with Crippen LogP contribution >= 0.6 is 22.6 Å². The number of rotatable bonds is 7. The summed E-state index contributed by atoms with van der Waals surface area (Å²) >= 11 is 2.28. The minimum Gasteiger partial charge on any atom is -0.0785 e. The highest BCUT2D eigenvalue weighted by atomic mass is 127. The molecule has 15 heavy (non-hydrogen) atoms. The number of hydrogen-bond donors (Lipinski definition) is 0. The second-order valence-corrected chi connectivity index (χ2v) is 4.52. The molecule has 0 amide bonds. The fourth-order valence-corrected chi connectivity index (χ4v) is 2.01. The highest BCUT2D eigenvalue weighted by Crippen LogP contribution is 2.09. The summed E-state index contributed by atoms with van der Waals surface area (Å²) in [5.41, 5.74) is 1.48. The van der Waals surface area contributed by atoms with E-state index in [1.165, 1.54) is 44.1 Å². The zero-order chi connectivity index (χ0) is 10.8. The number of aryl methyl sites for hydroxylation is 1. The Balaban J connectivity index is 1.98. The second kappa shape index (κ2) is 8.96. The minimum atomic E-state index is 1.24. The first-order valence-electron chi connectivity index (χ1n) is 5.72. The van der Waals surface area contributed by atoms with Crippen LogP contribution in [0.15, 0.2) is 40.5 Å². The number of unbranched alkanes of at least 4 members (excludes halogenated alkanes) is 4. The van der Waals surface area contributed by atoms with Crippen molar-refractivity contribution in [1.29, 1.82) is 0 Å². The molecule has 0 nitrogen and oxygen atoms in total. The number of halogens is 1. The Morgan fingerprint density at radius 2 is 1.67 bits per heavy atom. The molecule has 0 unspecified atom stereocenters. The Kier molecular flexibility index (Phi) is 7.62. The average Bonchev–Trinajstić information content (AvgIpc) is 2.29. The van der Waals surface area contributed by atoms with Crippen LogP contribution in [0.3, 0.4) is 0 Å². The van der Waals surface area contributed by atoms with Crippen molar-refractivity contribution in [3.05, 3.63) is 46.1 Å². The van der Waals surface area contributed by atoms with Gasteiger partial charge in [0.2, 0.25) is 0 Å². The first-order chi connectivity index (χ1) is 7.43. The van der Waals surface area contributed by atoms with Crippen LogP contribution in [0.1, 0.15) is 37.7 Å². The molecule has 0 aliphatic heterocycles. The number of benzene rings is 1. The highest BCUT2D eigenvalue weighted by Gasteiger charge is 1.92. The number of hydrogen-bond acceptors (Lipinski definition) is 0. The minimum absolute atomic E-state index is 1.24. The molecule has 1 rings (SSSR count). The van der Waals surface area contributed by atoms with Gasteiger partial charge in [-0.05, 0) is 35.3 Å². The maximum absolute atomic E-state index is 2.28. The third kappa shape index (κ3) is 6.72. The monoisotopic (exact) mass is 314 g/mol. The molecule has 0 atom stereocenters. The van der Waals surface area contributed by atoms with E-state index in [1.807, 2.05) is 0 Å². The SMILES string of the molecule is IC=CCCCCCCc1ccccc1. The molecule has 0 radical (unpaired) electrons. The van der Waals surface area contributed by atoms with Gasteiger partial charge in [-0.2, -0.15) is 0 Å². The number of allylic oxidation sites excluding steroid dienone is 1. The summed E-state index contributed by atoms with van der Waals surface area (Å²) in [6.45, 7) is 0. The van der Waals surface area contributed by atoms with E-state index < -0.39 is 0 Å². The lowest BCUT2D eigenvalue weighted by atomic mass is 10.1. The summed E-state index contributed by atoms with van der Waals surface area (Å²) in [6, 6.07) is 10.8. The quantitative estimate of drug-likeness (QED) is 0.483. The molecule has 0 bridgehead atoms. The van der Waals surface area contributed by atoms with Crippen molar-refractivity contribution in [2.24, 2.45) is 0 Å². The van der Waals surface area contributed by atoms with Crippen molar-refractivity contribution in [2.45, 2.75) is 38.5 Å². The predicted molar refractivity (Wildman–Crippen MR) is 76.4 cm³/mol. The van der Waals surface area contributed by atoms with E-state index in [2.05, 4.69) is 63.1 Å². The average molecular weight is 314 g/mol. The van der Waals surface area contributed by atoms with E-state index >= 15 is 0 Å². The van der Waals surface area contributed by atoms with Gasteiger partial charge in [-0.3, -0.25) is 0 Å². The third-order valence-corrected chi connectivity index (χ3v) is 3.03. The Labute approximate surface area is 107 Å². The largest absolute Gasteiger partial charge is 0.0785 e. The van der Waals surface area contributed by atoms with Gasteiger partial charge in [-0.25, -0.2) is 0 Å². The van der Waals surface area contributed by atoms with Gasteiger partial charge in [-0.15, -0.1) is 0 Å². The molecule has 0 heterocycles. The highest BCUT2D eigenvalue weighted by molar-refractivity contribution is 14.1. The molecular weight excluding hydrogens is 295 g/mol. The molecule has 1 aromatic rings. The van der Waals surface area contributed by atoms with Gasteiger partial charge >= 0.3 is 0 Å². The summed E-state index contributed by atoms with van der Waals surface area (Å²) < 4.78 is 2.11. The summed E-state index contributed by atoms with van der Waals surface area (Å²) in [6.07, 6.45) is 10.1. The van der Waals surface area contributed by atoms with E-state index in [0.717, 1.165) is 0 Å². The lowest BCUT2D eigenvalue weighted by Gasteiger charge is -2.00. The fourth-order valence-electron chi connectivity index (χ4n) is 1.65. The van der Waals surface area contributed by atoms with Crippen LogP contribution in [0, 0.1) is 0 Å². The second-order valence-electron chi connectivity index (χ2n) is 3.80. The zero-order valence-corrected chi connectivity index (χ0v) is 11.3. The van der Waals surface area contributed by atoms with Crippen molar-refractivity contribution in [2.75, 3.05) is 0 Å². The summed E-state index contributed by atoms with van der Waals surface area (Å²) in [4.78, 5) is 0. The van der Waals surface area contributed by atoms with E-state index in [4.69, 9.17) is 0 Å². The predicted octanol–water partition coefficient (Wildman–Crippen LogP) is 5.13. The summed E-state index contributed by atoms with van der Waals surface area (Å²) in [7, 11) is 0.